The number of unbranched alkanes of at least 4 members (excludes halogenated alkanes) is 5. The smallest absolute Gasteiger partial charge is 0.121 e. The lowest BCUT2D eigenvalue weighted by Crippen LogP contribution is -2.20. The molecule has 0 aromatic carbocycles. The molecule has 0 spiro atoms. The first-order chi connectivity index (χ1) is 9.31. The van der Waals surface area contributed by atoms with Gasteiger partial charge in [-0.3, -0.25) is 0 Å². The Morgan fingerprint density at radius 2 is 1.74 bits per heavy atom. The maximum Gasteiger partial charge on any atom is 0.121 e. The van der Waals surface area contributed by atoms with Crippen molar-refractivity contribution in [2.24, 2.45) is 0 Å². The molecule has 1 heterocycles. The van der Waals surface area contributed by atoms with E-state index in [4.69, 9.17) is 4.42 Å². The van der Waals surface area contributed by atoms with Gasteiger partial charge in [-0.2, -0.15) is 0 Å². The summed E-state index contributed by atoms with van der Waals surface area (Å²) in [4.78, 5) is 0. The fourth-order valence-electron chi connectivity index (χ4n) is 2.49. The Kier molecular flexibility index (Phi) is 8.64. The largest absolute Gasteiger partial charge is 0.464 e. The van der Waals surface area contributed by atoms with Gasteiger partial charge < -0.3 is 9.73 Å². The Bertz CT molecular complexity index is 319. The second-order valence-electron chi connectivity index (χ2n) is 5.32. The molecular formula is C17H31NO. The fourth-order valence-corrected chi connectivity index (χ4v) is 2.49. The van der Waals surface area contributed by atoms with Crippen LogP contribution in [0, 0.1) is 0 Å². The summed E-state index contributed by atoms with van der Waals surface area (Å²) in [5, 5.41) is 3.54. The molecule has 0 bridgehead atoms. The first kappa shape index (κ1) is 16.3. The molecule has 19 heavy (non-hydrogen) atoms. The van der Waals surface area contributed by atoms with Crippen LogP contribution >= 0.6 is 0 Å². The Hall–Kier alpha value is -0.760. The van der Waals surface area contributed by atoms with Crippen LogP contribution in [0.25, 0.3) is 0 Å². The van der Waals surface area contributed by atoms with Gasteiger partial charge in [0.15, 0.2) is 0 Å². The van der Waals surface area contributed by atoms with Crippen molar-refractivity contribution in [2.75, 3.05) is 6.54 Å². The van der Waals surface area contributed by atoms with E-state index >= 15 is 0 Å². The van der Waals surface area contributed by atoms with E-state index in [1.165, 1.54) is 44.9 Å². The topological polar surface area (TPSA) is 25.2 Å². The molecule has 2 nitrogen and oxygen atoms in total. The fraction of sp³-hybridized carbons (Fsp3) is 0.765. The van der Waals surface area contributed by atoms with Gasteiger partial charge in [-0.1, -0.05) is 59.3 Å². The summed E-state index contributed by atoms with van der Waals surface area (Å²) in [6, 6.07) is 4.65. The van der Waals surface area contributed by atoms with E-state index in [2.05, 4.69) is 38.2 Å². The van der Waals surface area contributed by atoms with Crippen LogP contribution in [0.5, 0.6) is 0 Å². The molecule has 2 heteroatoms. The van der Waals surface area contributed by atoms with Crippen LogP contribution in [-0.2, 0) is 6.42 Å². The Morgan fingerprint density at radius 1 is 1.00 bits per heavy atom. The van der Waals surface area contributed by atoms with Gasteiger partial charge in [0.25, 0.3) is 0 Å². The number of furan rings is 1. The summed E-state index contributed by atoms with van der Waals surface area (Å²) in [6.45, 7) is 7.57. The molecule has 0 aliphatic carbocycles. The SMILES string of the molecule is CCCCCCCCC(NCC)c1ccc(CC)o1. The van der Waals surface area contributed by atoms with Crippen molar-refractivity contribution in [1.82, 2.24) is 5.32 Å². The molecule has 1 unspecified atom stereocenters. The highest BCUT2D eigenvalue weighted by Gasteiger charge is 2.13. The normalized spacial score (nSPS) is 12.8. The third-order valence-electron chi connectivity index (χ3n) is 3.67. The number of aryl methyl sites for hydroxylation is 1. The van der Waals surface area contributed by atoms with Crippen LogP contribution in [0.1, 0.15) is 83.3 Å². The van der Waals surface area contributed by atoms with Crippen molar-refractivity contribution in [2.45, 2.75) is 78.2 Å². The number of nitrogens with one attached hydrogen (secondary N) is 1. The molecule has 0 aliphatic heterocycles. The standard InChI is InChI=1S/C17H31NO/c1-4-7-8-9-10-11-12-16(18-6-3)17-14-13-15(5-2)19-17/h13-14,16,18H,4-12H2,1-3H3. The highest BCUT2D eigenvalue weighted by Crippen LogP contribution is 2.23. The second kappa shape index (κ2) is 10.1. The Balaban J connectivity index is 2.31. The van der Waals surface area contributed by atoms with E-state index in [0.717, 1.165) is 24.5 Å². The van der Waals surface area contributed by atoms with Crippen LogP contribution in [0.4, 0.5) is 0 Å². The lowest BCUT2D eigenvalue weighted by molar-refractivity contribution is 0.374. The predicted octanol–water partition coefficient (Wildman–Crippen LogP) is 5.24. The number of rotatable bonds is 11. The van der Waals surface area contributed by atoms with E-state index < -0.39 is 0 Å². The van der Waals surface area contributed by atoms with Crippen molar-refractivity contribution in [3.8, 4) is 0 Å². The lowest BCUT2D eigenvalue weighted by Gasteiger charge is -2.15. The van der Waals surface area contributed by atoms with Gasteiger partial charge in [-0.15, -0.1) is 0 Å². The maximum absolute atomic E-state index is 5.88. The number of hydrogen-bond acceptors (Lipinski definition) is 2. The summed E-state index contributed by atoms with van der Waals surface area (Å²) in [6.07, 6.45) is 10.3. The molecule has 0 radical (unpaired) electrons. The monoisotopic (exact) mass is 265 g/mol. The first-order valence-corrected chi connectivity index (χ1v) is 8.13. The van der Waals surface area contributed by atoms with Gasteiger partial charge in [0, 0.05) is 6.42 Å². The van der Waals surface area contributed by atoms with Gasteiger partial charge in [0.1, 0.15) is 11.5 Å². The van der Waals surface area contributed by atoms with Gasteiger partial charge in [0.05, 0.1) is 6.04 Å². The van der Waals surface area contributed by atoms with E-state index in [-0.39, 0.29) is 0 Å². The van der Waals surface area contributed by atoms with Gasteiger partial charge in [-0.05, 0) is 25.1 Å². The quantitative estimate of drug-likeness (QED) is 0.553. The lowest BCUT2D eigenvalue weighted by atomic mass is 10.0. The summed E-state index contributed by atoms with van der Waals surface area (Å²) < 4.78 is 5.88. The molecule has 0 saturated carbocycles. The zero-order chi connectivity index (χ0) is 13.9. The highest BCUT2D eigenvalue weighted by atomic mass is 16.3. The van der Waals surface area contributed by atoms with E-state index in [9.17, 15) is 0 Å². The molecular weight excluding hydrogens is 234 g/mol. The minimum atomic E-state index is 0.400. The van der Waals surface area contributed by atoms with Gasteiger partial charge in [0.2, 0.25) is 0 Å². The summed E-state index contributed by atoms with van der Waals surface area (Å²) >= 11 is 0. The van der Waals surface area contributed by atoms with Crippen LogP contribution in [0.2, 0.25) is 0 Å². The molecule has 0 amide bonds. The Morgan fingerprint density at radius 3 is 2.37 bits per heavy atom. The summed E-state index contributed by atoms with van der Waals surface area (Å²) in [5.74, 6) is 2.22. The van der Waals surface area contributed by atoms with Crippen molar-refractivity contribution in [3.05, 3.63) is 23.7 Å². The maximum atomic E-state index is 5.88. The third-order valence-corrected chi connectivity index (χ3v) is 3.67. The molecule has 0 fully saturated rings. The molecule has 1 N–H and O–H groups in total. The zero-order valence-electron chi connectivity index (χ0n) is 13.0. The van der Waals surface area contributed by atoms with Crippen LogP contribution in [0.3, 0.4) is 0 Å². The molecule has 1 aromatic heterocycles. The third kappa shape index (κ3) is 6.29. The van der Waals surface area contributed by atoms with E-state index in [1.807, 2.05) is 0 Å². The highest BCUT2D eigenvalue weighted by molar-refractivity contribution is 5.10. The summed E-state index contributed by atoms with van der Waals surface area (Å²) in [7, 11) is 0. The molecule has 1 rings (SSSR count). The summed E-state index contributed by atoms with van der Waals surface area (Å²) in [5.41, 5.74) is 0. The average molecular weight is 265 g/mol. The molecule has 1 aromatic rings. The molecule has 110 valence electrons. The van der Waals surface area contributed by atoms with Crippen LogP contribution < -0.4 is 5.32 Å². The first-order valence-electron chi connectivity index (χ1n) is 8.13. The zero-order valence-corrected chi connectivity index (χ0v) is 13.0. The molecule has 0 saturated heterocycles. The van der Waals surface area contributed by atoms with Crippen LogP contribution in [-0.4, -0.2) is 6.54 Å². The minimum absolute atomic E-state index is 0.400. The van der Waals surface area contributed by atoms with E-state index in [1.54, 1.807) is 0 Å². The van der Waals surface area contributed by atoms with Crippen molar-refractivity contribution in [3.63, 3.8) is 0 Å². The molecule has 1 atom stereocenters. The van der Waals surface area contributed by atoms with E-state index in [0.29, 0.717) is 6.04 Å². The average Bonchev–Trinajstić information content (AvgIpc) is 2.90. The Labute approximate surface area is 119 Å². The van der Waals surface area contributed by atoms with Crippen LogP contribution in [0.15, 0.2) is 16.5 Å². The predicted molar refractivity (Wildman–Crippen MR) is 82.5 cm³/mol. The molecule has 0 aliphatic rings. The van der Waals surface area contributed by atoms with Gasteiger partial charge >= 0.3 is 0 Å². The minimum Gasteiger partial charge on any atom is -0.464 e. The van der Waals surface area contributed by atoms with Crippen molar-refractivity contribution < 1.29 is 4.42 Å². The second-order valence-corrected chi connectivity index (χ2v) is 5.32. The number of hydrogen-bond donors (Lipinski definition) is 1. The van der Waals surface area contributed by atoms with Crippen molar-refractivity contribution in [1.29, 1.82) is 0 Å². The van der Waals surface area contributed by atoms with Gasteiger partial charge in [-0.25, -0.2) is 0 Å². The van der Waals surface area contributed by atoms with Crippen molar-refractivity contribution >= 4 is 0 Å².